The number of aromatic carboxylic acids is 1. The van der Waals surface area contributed by atoms with Gasteiger partial charge in [-0.3, -0.25) is 0 Å². The van der Waals surface area contributed by atoms with Crippen LogP contribution in [0.1, 0.15) is 17.3 Å². The zero-order chi connectivity index (χ0) is 12.0. The van der Waals surface area contributed by atoms with E-state index in [1.807, 2.05) is 0 Å². The van der Waals surface area contributed by atoms with Crippen LogP contribution in [-0.2, 0) is 0 Å². The van der Waals surface area contributed by atoms with Crippen molar-refractivity contribution >= 4 is 33.7 Å². The maximum atomic E-state index is 10.8. The Morgan fingerprint density at radius 2 is 2.31 bits per heavy atom. The third-order valence-corrected chi connectivity index (χ3v) is 3.39. The molecule has 1 rings (SSSR count). The van der Waals surface area contributed by atoms with Gasteiger partial charge in [-0.05, 0) is 39.9 Å². The number of benzene rings is 1. The molecular weight excluding hydrogens is 292 g/mol. The maximum absolute atomic E-state index is 10.8. The number of rotatable bonds is 6. The summed E-state index contributed by atoms with van der Waals surface area (Å²) in [6.07, 6.45) is 0. The first-order valence-corrected chi connectivity index (χ1v) is 6.83. The topological polar surface area (TPSA) is 46.5 Å². The van der Waals surface area contributed by atoms with Crippen molar-refractivity contribution in [2.75, 3.05) is 18.1 Å². The Morgan fingerprint density at radius 3 is 2.94 bits per heavy atom. The third kappa shape index (κ3) is 4.06. The van der Waals surface area contributed by atoms with E-state index in [0.717, 1.165) is 16.0 Å². The van der Waals surface area contributed by atoms with Gasteiger partial charge in [0.05, 0.1) is 16.6 Å². The maximum Gasteiger partial charge on any atom is 0.335 e. The van der Waals surface area contributed by atoms with E-state index in [0.29, 0.717) is 12.4 Å². The summed E-state index contributed by atoms with van der Waals surface area (Å²) in [7, 11) is 0. The predicted octanol–water partition coefficient (Wildman–Crippen LogP) is 3.28. The van der Waals surface area contributed by atoms with Crippen molar-refractivity contribution in [3.05, 3.63) is 28.2 Å². The molecule has 1 N–H and O–H groups in total. The Bertz CT molecular complexity index is 368. The molecule has 1 aromatic rings. The molecule has 3 nitrogen and oxygen atoms in total. The van der Waals surface area contributed by atoms with Crippen LogP contribution in [0.15, 0.2) is 22.7 Å². The molecular formula is C11H13BrO3S. The number of carbonyl (C=O) groups is 1. The molecule has 0 aliphatic carbocycles. The van der Waals surface area contributed by atoms with Crippen LogP contribution < -0.4 is 4.74 Å². The number of hydrogen-bond donors (Lipinski definition) is 1. The second kappa shape index (κ2) is 6.81. The molecule has 5 heteroatoms. The minimum atomic E-state index is -0.944. The lowest BCUT2D eigenvalue weighted by molar-refractivity contribution is 0.0696. The number of halogens is 1. The molecule has 0 aliphatic heterocycles. The summed E-state index contributed by atoms with van der Waals surface area (Å²) in [4.78, 5) is 10.8. The molecule has 0 atom stereocenters. The Kier molecular flexibility index (Phi) is 5.69. The van der Waals surface area contributed by atoms with E-state index in [-0.39, 0.29) is 5.56 Å². The van der Waals surface area contributed by atoms with Crippen LogP contribution in [0.5, 0.6) is 5.75 Å². The highest BCUT2D eigenvalue weighted by molar-refractivity contribution is 9.10. The monoisotopic (exact) mass is 304 g/mol. The summed E-state index contributed by atoms with van der Waals surface area (Å²) in [6.45, 7) is 2.67. The van der Waals surface area contributed by atoms with Gasteiger partial charge in [0.25, 0.3) is 0 Å². The summed E-state index contributed by atoms with van der Waals surface area (Å²) < 4.78 is 6.28. The lowest BCUT2D eigenvalue weighted by atomic mass is 10.2. The van der Waals surface area contributed by atoms with Crippen molar-refractivity contribution in [1.82, 2.24) is 0 Å². The van der Waals surface area contributed by atoms with Crippen LogP contribution in [-0.4, -0.2) is 29.2 Å². The Labute approximate surface area is 107 Å². The molecule has 0 aromatic heterocycles. The summed E-state index contributed by atoms with van der Waals surface area (Å²) in [5.74, 6) is 1.59. The van der Waals surface area contributed by atoms with Gasteiger partial charge in [0, 0.05) is 5.75 Å². The highest BCUT2D eigenvalue weighted by Crippen LogP contribution is 2.26. The second-order valence-corrected chi connectivity index (χ2v) is 5.24. The van der Waals surface area contributed by atoms with Gasteiger partial charge in [-0.25, -0.2) is 4.79 Å². The quantitative estimate of drug-likeness (QED) is 0.819. The highest BCUT2D eigenvalue weighted by Gasteiger charge is 2.07. The minimum Gasteiger partial charge on any atom is -0.492 e. The SMILES string of the molecule is CCSCCOc1cc(C(=O)O)ccc1Br. The van der Waals surface area contributed by atoms with Gasteiger partial charge >= 0.3 is 5.97 Å². The highest BCUT2D eigenvalue weighted by atomic mass is 79.9. The Morgan fingerprint density at radius 1 is 1.56 bits per heavy atom. The summed E-state index contributed by atoms with van der Waals surface area (Å²) in [5.41, 5.74) is 0.237. The molecule has 0 heterocycles. The van der Waals surface area contributed by atoms with Crippen LogP contribution in [0.2, 0.25) is 0 Å². The smallest absolute Gasteiger partial charge is 0.335 e. The number of thioether (sulfide) groups is 1. The first kappa shape index (κ1) is 13.4. The normalized spacial score (nSPS) is 10.1. The summed E-state index contributed by atoms with van der Waals surface area (Å²) >= 11 is 5.11. The van der Waals surface area contributed by atoms with Crippen LogP contribution >= 0.6 is 27.7 Å². The number of carboxylic acid groups (broad SMARTS) is 1. The predicted molar refractivity (Wildman–Crippen MR) is 69.6 cm³/mol. The average Bonchev–Trinajstić information content (AvgIpc) is 2.26. The van der Waals surface area contributed by atoms with Crippen LogP contribution in [0, 0.1) is 0 Å². The van der Waals surface area contributed by atoms with Gasteiger partial charge < -0.3 is 9.84 Å². The molecule has 0 unspecified atom stereocenters. The van der Waals surface area contributed by atoms with Gasteiger partial charge in [-0.2, -0.15) is 11.8 Å². The molecule has 0 aliphatic rings. The summed E-state index contributed by atoms with van der Waals surface area (Å²) in [6, 6.07) is 4.76. The molecule has 0 saturated carbocycles. The first-order chi connectivity index (χ1) is 7.65. The third-order valence-electron chi connectivity index (χ3n) is 1.87. The standard InChI is InChI=1S/C11H13BrO3S/c1-2-16-6-5-15-10-7-8(11(13)14)3-4-9(10)12/h3-4,7H,2,5-6H2,1H3,(H,13,14). The lowest BCUT2D eigenvalue weighted by Crippen LogP contribution is -2.03. The second-order valence-electron chi connectivity index (χ2n) is 3.00. The fraction of sp³-hybridized carbons (Fsp3) is 0.364. The van der Waals surface area contributed by atoms with Crippen molar-refractivity contribution in [2.45, 2.75) is 6.92 Å². The molecule has 0 bridgehead atoms. The zero-order valence-electron chi connectivity index (χ0n) is 8.90. The molecule has 0 spiro atoms. The molecule has 16 heavy (non-hydrogen) atoms. The molecule has 88 valence electrons. The van der Waals surface area contributed by atoms with Crippen molar-refractivity contribution in [1.29, 1.82) is 0 Å². The fourth-order valence-electron chi connectivity index (χ4n) is 1.10. The zero-order valence-corrected chi connectivity index (χ0v) is 11.3. The fourth-order valence-corrected chi connectivity index (χ4v) is 1.95. The first-order valence-electron chi connectivity index (χ1n) is 4.88. The largest absolute Gasteiger partial charge is 0.492 e. The van der Waals surface area contributed by atoms with Crippen LogP contribution in [0.25, 0.3) is 0 Å². The molecule has 0 fully saturated rings. The molecule has 0 saturated heterocycles. The van der Waals surface area contributed by atoms with E-state index in [9.17, 15) is 4.79 Å². The molecule has 0 amide bonds. The Balaban J connectivity index is 2.63. The van der Waals surface area contributed by atoms with E-state index >= 15 is 0 Å². The number of ether oxygens (including phenoxy) is 1. The van der Waals surface area contributed by atoms with Crippen molar-refractivity contribution in [2.24, 2.45) is 0 Å². The van der Waals surface area contributed by atoms with Gasteiger partial charge in [0.1, 0.15) is 5.75 Å². The van der Waals surface area contributed by atoms with E-state index in [2.05, 4.69) is 22.9 Å². The van der Waals surface area contributed by atoms with Gasteiger partial charge in [-0.1, -0.05) is 6.92 Å². The van der Waals surface area contributed by atoms with Crippen LogP contribution in [0.4, 0.5) is 0 Å². The van der Waals surface area contributed by atoms with E-state index in [1.54, 1.807) is 23.9 Å². The van der Waals surface area contributed by atoms with Gasteiger partial charge in [0.15, 0.2) is 0 Å². The van der Waals surface area contributed by atoms with Gasteiger partial charge in [-0.15, -0.1) is 0 Å². The molecule has 1 aromatic carbocycles. The van der Waals surface area contributed by atoms with E-state index < -0.39 is 5.97 Å². The Hall–Kier alpha value is -0.680. The lowest BCUT2D eigenvalue weighted by Gasteiger charge is -2.08. The minimum absolute atomic E-state index is 0.237. The van der Waals surface area contributed by atoms with Crippen molar-refractivity contribution < 1.29 is 14.6 Å². The molecule has 0 radical (unpaired) electrons. The average molecular weight is 305 g/mol. The summed E-state index contributed by atoms with van der Waals surface area (Å²) in [5, 5.41) is 8.83. The number of hydrogen-bond acceptors (Lipinski definition) is 3. The van der Waals surface area contributed by atoms with Crippen LogP contribution in [0.3, 0.4) is 0 Å². The number of carboxylic acids is 1. The van der Waals surface area contributed by atoms with Crippen molar-refractivity contribution in [3.63, 3.8) is 0 Å². The van der Waals surface area contributed by atoms with E-state index in [4.69, 9.17) is 9.84 Å². The van der Waals surface area contributed by atoms with Gasteiger partial charge in [0.2, 0.25) is 0 Å². The van der Waals surface area contributed by atoms with E-state index in [1.165, 1.54) is 6.07 Å². The van der Waals surface area contributed by atoms with Crippen molar-refractivity contribution in [3.8, 4) is 5.75 Å².